The first-order valence-corrected chi connectivity index (χ1v) is 5.18. The second kappa shape index (κ2) is 5.32. The summed E-state index contributed by atoms with van der Waals surface area (Å²) >= 11 is 0. The number of hydrogen-bond acceptors (Lipinski definition) is 4. The Labute approximate surface area is 85.0 Å². The molecule has 0 aromatic heterocycles. The maximum atomic E-state index is 11.5. The third-order valence-electron chi connectivity index (χ3n) is 2.49. The van der Waals surface area contributed by atoms with Crippen LogP contribution in [-0.4, -0.2) is 37.9 Å². The number of carbonyl (C=O) groups excluding carboxylic acids is 1. The standard InChI is InChI=1S/C10H19NO3/c1-4-13-10(12)9(11-3)8-6-5-7(2)14-8/h7-9,11H,4-6H2,1-3H3. The Morgan fingerprint density at radius 1 is 1.64 bits per heavy atom. The number of ether oxygens (including phenoxy) is 2. The molecule has 0 aromatic rings. The lowest BCUT2D eigenvalue weighted by Gasteiger charge is -2.21. The van der Waals surface area contributed by atoms with Gasteiger partial charge in [-0.05, 0) is 33.7 Å². The highest BCUT2D eigenvalue weighted by Gasteiger charge is 2.34. The molecular formula is C10H19NO3. The summed E-state index contributed by atoms with van der Waals surface area (Å²) in [5, 5.41) is 2.95. The van der Waals surface area contributed by atoms with Crippen LogP contribution < -0.4 is 5.32 Å². The lowest BCUT2D eigenvalue weighted by atomic mass is 10.1. The van der Waals surface area contributed by atoms with Crippen LogP contribution in [-0.2, 0) is 14.3 Å². The molecule has 0 bridgehead atoms. The van der Waals surface area contributed by atoms with Crippen molar-refractivity contribution in [1.29, 1.82) is 0 Å². The van der Waals surface area contributed by atoms with Gasteiger partial charge in [0.15, 0.2) is 0 Å². The number of likely N-dealkylation sites (N-methyl/N-ethyl adjacent to an activating group) is 1. The topological polar surface area (TPSA) is 47.6 Å². The summed E-state index contributed by atoms with van der Waals surface area (Å²) in [6.07, 6.45) is 2.16. The van der Waals surface area contributed by atoms with E-state index in [1.54, 1.807) is 7.05 Å². The van der Waals surface area contributed by atoms with E-state index in [0.717, 1.165) is 12.8 Å². The second-order valence-electron chi connectivity index (χ2n) is 3.58. The molecule has 1 aliphatic heterocycles. The molecule has 3 atom stereocenters. The number of esters is 1. The average Bonchev–Trinajstić information content (AvgIpc) is 2.54. The molecule has 1 aliphatic rings. The molecular weight excluding hydrogens is 182 g/mol. The van der Waals surface area contributed by atoms with E-state index < -0.39 is 0 Å². The smallest absolute Gasteiger partial charge is 0.325 e. The van der Waals surface area contributed by atoms with Crippen LogP contribution in [0.3, 0.4) is 0 Å². The number of hydrogen-bond donors (Lipinski definition) is 1. The molecule has 1 saturated heterocycles. The molecule has 14 heavy (non-hydrogen) atoms. The summed E-state index contributed by atoms with van der Waals surface area (Å²) in [6.45, 7) is 4.25. The quantitative estimate of drug-likeness (QED) is 0.680. The zero-order valence-corrected chi connectivity index (χ0v) is 9.08. The van der Waals surface area contributed by atoms with E-state index in [1.807, 2.05) is 13.8 Å². The zero-order chi connectivity index (χ0) is 10.6. The Balaban J connectivity index is 2.49. The van der Waals surface area contributed by atoms with Crippen LogP contribution in [0.25, 0.3) is 0 Å². The van der Waals surface area contributed by atoms with Gasteiger partial charge in [0, 0.05) is 0 Å². The van der Waals surface area contributed by atoms with Gasteiger partial charge in [-0.3, -0.25) is 4.79 Å². The van der Waals surface area contributed by atoms with Gasteiger partial charge in [0.05, 0.1) is 18.8 Å². The fraction of sp³-hybridized carbons (Fsp3) is 0.900. The van der Waals surface area contributed by atoms with E-state index in [9.17, 15) is 4.79 Å². The van der Waals surface area contributed by atoms with Gasteiger partial charge in [0.2, 0.25) is 0 Å². The van der Waals surface area contributed by atoms with Crippen molar-refractivity contribution in [3.63, 3.8) is 0 Å². The molecule has 0 spiro atoms. The van der Waals surface area contributed by atoms with Gasteiger partial charge in [-0.25, -0.2) is 0 Å². The molecule has 3 unspecified atom stereocenters. The molecule has 0 amide bonds. The Morgan fingerprint density at radius 2 is 2.36 bits per heavy atom. The fourth-order valence-electron chi connectivity index (χ4n) is 1.77. The van der Waals surface area contributed by atoms with Crippen molar-refractivity contribution in [2.45, 2.75) is 44.9 Å². The van der Waals surface area contributed by atoms with Gasteiger partial charge in [0.1, 0.15) is 6.04 Å². The molecule has 1 rings (SSSR count). The van der Waals surface area contributed by atoms with Gasteiger partial charge >= 0.3 is 5.97 Å². The lowest BCUT2D eigenvalue weighted by Crippen LogP contribution is -2.45. The van der Waals surface area contributed by atoms with E-state index >= 15 is 0 Å². The highest BCUT2D eigenvalue weighted by molar-refractivity contribution is 5.76. The minimum absolute atomic E-state index is 0.0333. The molecule has 1 N–H and O–H groups in total. The van der Waals surface area contributed by atoms with E-state index in [4.69, 9.17) is 9.47 Å². The second-order valence-corrected chi connectivity index (χ2v) is 3.58. The molecule has 0 saturated carbocycles. The number of nitrogens with one attached hydrogen (secondary N) is 1. The predicted octanol–water partition coefficient (Wildman–Crippen LogP) is 0.705. The van der Waals surface area contributed by atoms with Crippen LogP contribution in [0.2, 0.25) is 0 Å². The average molecular weight is 201 g/mol. The van der Waals surface area contributed by atoms with E-state index in [2.05, 4.69) is 5.32 Å². The minimum Gasteiger partial charge on any atom is -0.465 e. The first-order valence-electron chi connectivity index (χ1n) is 5.18. The summed E-state index contributed by atoms with van der Waals surface area (Å²) in [4.78, 5) is 11.5. The van der Waals surface area contributed by atoms with Crippen LogP contribution in [0, 0.1) is 0 Å². The maximum Gasteiger partial charge on any atom is 0.325 e. The van der Waals surface area contributed by atoms with Crippen LogP contribution in [0.15, 0.2) is 0 Å². The largest absolute Gasteiger partial charge is 0.465 e. The van der Waals surface area contributed by atoms with Gasteiger partial charge in [-0.2, -0.15) is 0 Å². The first kappa shape index (κ1) is 11.5. The number of rotatable bonds is 4. The number of carbonyl (C=O) groups is 1. The van der Waals surface area contributed by atoms with Crippen molar-refractivity contribution in [3.05, 3.63) is 0 Å². The van der Waals surface area contributed by atoms with E-state index in [0.29, 0.717) is 6.61 Å². The van der Waals surface area contributed by atoms with Gasteiger partial charge in [-0.1, -0.05) is 0 Å². The summed E-state index contributed by atoms with van der Waals surface area (Å²) in [6, 6.07) is -0.320. The van der Waals surface area contributed by atoms with E-state index in [1.165, 1.54) is 0 Å². The van der Waals surface area contributed by atoms with Crippen molar-refractivity contribution in [2.75, 3.05) is 13.7 Å². The highest BCUT2D eigenvalue weighted by Crippen LogP contribution is 2.22. The highest BCUT2D eigenvalue weighted by atomic mass is 16.5. The predicted molar refractivity (Wildman–Crippen MR) is 53.0 cm³/mol. The fourth-order valence-corrected chi connectivity index (χ4v) is 1.77. The van der Waals surface area contributed by atoms with E-state index in [-0.39, 0.29) is 24.2 Å². The first-order chi connectivity index (χ1) is 6.69. The monoisotopic (exact) mass is 201 g/mol. The molecule has 1 fully saturated rings. The van der Waals surface area contributed by atoms with Crippen LogP contribution in [0.4, 0.5) is 0 Å². The van der Waals surface area contributed by atoms with Gasteiger partial charge in [0.25, 0.3) is 0 Å². The third-order valence-corrected chi connectivity index (χ3v) is 2.49. The molecule has 0 radical (unpaired) electrons. The summed E-state index contributed by atoms with van der Waals surface area (Å²) in [5.74, 6) is -0.214. The van der Waals surface area contributed by atoms with Crippen LogP contribution in [0.5, 0.6) is 0 Å². The Hall–Kier alpha value is -0.610. The Bertz CT molecular complexity index is 196. The van der Waals surface area contributed by atoms with Crippen LogP contribution in [0.1, 0.15) is 26.7 Å². The lowest BCUT2D eigenvalue weighted by molar-refractivity contribution is -0.149. The Kier molecular flexibility index (Phi) is 4.35. The zero-order valence-electron chi connectivity index (χ0n) is 9.08. The SMILES string of the molecule is CCOC(=O)C(NC)C1CCC(C)O1. The molecule has 82 valence electrons. The third kappa shape index (κ3) is 2.69. The van der Waals surface area contributed by atoms with Crippen molar-refractivity contribution < 1.29 is 14.3 Å². The Morgan fingerprint density at radius 3 is 2.79 bits per heavy atom. The summed E-state index contributed by atoms with van der Waals surface area (Å²) in [5.41, 5.74) is 0. The van der Waals surface area contributed by atoms with Gasteiger partial charge in [-0.15, -0.1) is 0 Å². The summed E-state index contributed by atoms with van der Waals surface area (Å²) in [7, 11) is 1.76. The van der Waals surface area contributed by atoms with Crippen molar-refractivity contribution >= 4 is 5.97 Å². The molecule has 1 heterocycles. The molecule has 4 nitrogen and oxygen atoms in total. The van der Waals surface area contributed by atoms with Crippen molar-refractivity contribution in [3.8, 4) is 0 Å². The normalized spacial score (nSPS) is 28.8. The van der Waals surface area contributed by atoms with Crippen LogP contribution >= 0.6 is 0 Å². The molecule has 0 aliphatic carbocycles. The molecule has 0 aromatic carbocycles. The summed E-state index contributed by atoms with van der Waals surface area (Å²) < 4.78 is 10.6. The van der Waals surface area contributed by atoms with Gasteiger partial charge < -0.3 is 14.8 Å². The maximum absolute atomic E-state index is 11.5. The van der Waals surface area contributed by atoms with Crippen molar-refractivity contribution in [2.24, 2.45) is 0 Å². The molecule has 4 heteroatoms. The van der Waals surface area contributed by atoms with Crippen molar-refractivity contribution in [1.82, 2.24) is 5.32 Å². The minimum atomic E-state index is -0.320.